The maximum atomic E-state index is 11.7. The lowest BCUT2D eigenvalue weighted by Crippen LogP contribution is -2.61. The molecule has 132 valence electrons. The van der Waals surface area contributed by atoms with Gasteiger partial charge in [-0.1, -0.05) is 0 Å². The summed E-state index contributed by atoms with van der Waals surface area (Å²) in [6, 6.07) is 2.14. The number of carbonyl (C=O) groups is 1. The average molecular weight is 335 g/mol. The molecule has 0 aliphatic carbocycles. The van der Waals surface area contributed by atoms with E-state index in [1.54, 1.807) is 14.2 Å². The van der Waals surface area contributed by atoms with Gasteiger partial charge in [-0.25, -0.2) is 0 Å². The van der Waals surface area contributed by atoms with Gasteiger partial charge < -0.3 is 19.7 Å². The maximum absolute atomic E-state index is 11.7. The quantitative estimate of drug-likeness (QED) is 0.850. The van der Waals surface area contributed by atoms with E-state index >= 15 is 0 Å². The van der Waals surface area contributed by atoms with Crippen molar-refractivity contribution < 1.29 is 14.3 Å². The second kappa shape index (κ2) is 6.80. The molecule has 24 heavy (non-hydrogen) atoms. The molecule has 0 aromatic carbocycles. The van der Waals surface area contributed by atoms with Gasteiger partial charge in [-0.3, -0.25) is 9.69 Å². The molecule has 2 fully saturated rings. The Morgan fingerprint density at radius 3 is 2.79 bits per heavy atom. The van der Waals surface area contributed by atoms with Crippen LogP contribution in [0.2, 0.25) is 0 Å². The number of aromatic nitrogens is 2. The first-order valence-corrected chi connectivity index (χ1v) is 8.26. The van der Waals surface area contributed by atoms with Gasteiger partial charge in [0.2, 0.25) is 11.8 Å². The van der Waals surface area contributed by atoms with Crippen LogP contribution in [0.4, 0.5) is 5.82 Å². The van der Waals surface area contributed by atoms with Crippen molar-refractivity contribution in [2.45, 2.75) is 24.8 Å². The van der Waals surface area contributed by atoms with E-state index in [1.165, 1.54) is 0 Å². The Kier molecular flexibility index (Phi) is 4.75. The van der Waals surface area contributed by atoms with E-state index in [9.17, 15) is 4.79 Å². The summed E-state index contributed by atoms with van der Waals surface area (Å²) >= 11 is 0. The van der Waals surface area contributed by atoms with Crippen LogP contribution in [0, 0.1) is 0 Å². The molecule has 1 amide bonds. The standard InChI is InChI=1S/C16H25N5O3/c1-20-8-9-21(11-16(20)5-4-13(22)17-7-6-16)12-10-14(23-2)19-15(18-12)24-3/h10H,4-9,11H2,1-3H3,(H,17,22). The zero-order valence-electron chi connectivity index (χ0n) is 14.5. The third-order valence-electron chi connectivity index (χ3n) is 5.11. The largest absolute Gasteiger partial charge is 0.481 e. The highest BCUT2D eigenvalue weighted by molar-refractivity contribution is 5.76. The lowest BCUT2D eigenvalue weighted by Gasteiger charge is -2.49. The number of methoxy groups -OCH3 is 2. The number of amides is 1. The van der Waals surface area contributed by atoms with Gasteiger partial charge in [0.05, 0.1) is 14.2 Å². The molecule has 1 unspecified atom stereocenters. The molecule has 1 aromatic rings. The van der Waals surface area contributed by atoms with Crippen molar-refractivity contribution >= 4 is 11.7 Å². The van der Waals surface area contributed by atoms with Crippen molar-refractivity contribution in [2.24, 2.45) is 0 Å². The second-order valence-corrected chi connectivity index (χ2v) is 6.42. The van der Waals surface area contributed by atoms with Gasteiger partial charge in [0.15, 0.2) is 0 Å². The number of piperazine rings is 1. The Morgan fingerprint density at radius 1 is 1.21 bits per heavy atom. The monoisotopic (exact) mass is 335 g/mol. The number of carbonyl (C=O) groups excluding carboxylic acids is 1. The van der Waals surface area contributed by atoms with Crippen molar-refractivity contribution in [3.8, 4) is 11.9 Å². The molecule has 1 N–H and O–H groups in total. The van der Waals surface area contributed by atoms with Gasteiger partial charge >= 0.3 is 6.01 Å². The first kappa shape index (κ1) is 16.8. The first-order valence-electron chi connectivity index (χ1n) is 8.26. The van der Waals surface area contributed by atoms with Crippen LogP contribution in [0.15, 0.2) is 6.07 Å². The minimum absolute atomic E-state index is 0.0250. The number of ether oxygens (including phenoxy) is 2. The van der Waals surface area contributed by atoms with Crippen LogP contribution in [0.5, 0.6) is 11.9 Å². The minimum atomic E-state index is -0.0250. The zero-order chi connectivity index (χ0) is 17.2. The van der Waals surface area contributed by atoms with Crippen molar-refractivity contribution in [1.82, 2.24) is 20.2 Å². The summed E-state index contributed by atoms with van der Waals surface area (Å²) in [5.74, 6) is 1.43. The Labute approximate surface area is 142 Å². The van der Waals surface area contributed by atoms with Crippen LogP contribution in [0.3, 0.4) is 0 Å². The fraction of sp³-hybridized carbons (Fsp3) is 0.688. The fourth-order valence-electron chi connectivity index (χ4n) is 3.54. The van der Waals surface area contributed by atoms with Gasteiger partial charge in [0.1, 0.15) is 5.82 Å². The molecule has 1 spiro atoms. The molecule has 0 saturated carbocycles. The molecular weight excluding hydrogens is 310 g/mol. The summed E-state index contributed by atoms with van der Waals surface area (Å²) in [6.45, 7) is 3.32. The van der Waals surface area contributed by atoms with Crippen LogP contribution in [-0.4, -0.2) is 73.8 Å². The van der Waals surface area contributed by atoms with E-state index in [2.05, 4.69) is 32.1 Å². The molecule has 2 saturated heterocycles. The molecule has 1 atom stereocenters. The highest BCUT2D eigenvalue weighted by Gasteiger charge is 2.41. The number of nitrogens with zero attached hydrogens (tertiary/aromatic N) is 4. The summed E-state index contributed by atoms with van der Waals surface area (Å²) in [7, 11) is 5.28. The summed E-state index contributed by atoms with van der Waals surface area (Å²) < 4.78 is 10.4. The number of hydrogen-bond acceptors (Lipinski definition) is 7. The maximum Gasteiger partial charge on any atom is 0.321 e. The molecule has 0 radical (unpaired) electrons. The van der Waals surface area contributed by atoms with Crippen LogP contribution < -0.4 is 19.7 Å². The van der Waals surface area contributed by atoms with E-state index in [4.69, 9.17) is 9.47 Å². The lowest BCUT2D eigenvalue weighted by molar-refractivity contribution is -0.120. The van der Waals surface area contributed by atoms with E-state index in [1.807, 2.05) is 6.07 Å². The fourth-order valence-corrected chi connectivity index (χ4v) is 3.54. The van der Waals surface area contributed by atoms with Crippen molar-refractivity contribution in [3.05, 3.63) is 6.07 Å². The highest BCUT2D eigenvalue weighted by atomic mass is 16.5. The number of anilines is 1. The van der Waals surface area contributed by atoms with E-state index in [-0.39, 0.29) is 11.4 Å². The third kappa shape index (κ3) is 3.24. The molecule has 8 nitrogen and oxygen atoms in total. The predicted molar refractivity (Wildman–Crippen MR) is 89.6 cm³/mol. The van der Waals surface area contributed by atoms with Crippen LogP contribution in [0.1, 0.15) is 19.3 Å². The topological polar surface area (TPSA) is 79.8 Å². The first-order chi connectivity index (χ1) is 11.6. The lowest BCUT2D eigenvalue weighted by atomic mass is 9.86. The molecule has 3 rings (SSSR count). The van der Waals surface area contributed by atoms with Gasteiger partial charge in [-0.05, 0) is 19.9 Å². The molecule has 1 aromatic heterocycles. The van der Waals surface area contributed by atoms with Crippen LogP contribution >= 0.6 is 0 Å². The molecule has 3 heterocycles. The molecule has 0 bridgehead atoms. The summed E-state index contributed by atoms with van der Waals surface area (Å²) in [5, 5.41) is 2.98. The Morgan fingerprint density at radius 2 is 2.04 bits per heavy atom. The summed E-state index contributed by atoms with van der Waals surface area (Å²) in [5.41, 5.74) is -0.0250. The van der Waals surface area contributed by atoms with Crippen molar-refractivity contribution in [3.63, 3.8) is 0 Å². The van der Waals surface area contributed by atoms with E-state index in [0.717, 1.165) is 38.3 Å². The van der Waals surface area contributed by atoms with Crippen molar-refractivity contribution in [1.29, 1.82) is 0 Å². The number of likely N-dealkylation sites (N-methyl/N-ethyl adjacent to an activating group) is 1. The molecule has 2 aliphatic heterocycles. The third-order valence-corrected chi connectivity index (χ3v) is 5.11. The SMILES string of the molecule is COc1cc(N2CCN(C)C3(CCNC(=O)CC3)C2)nc(OC)n1. The van der Waals surface area contributed by atoms with Gasteiger partial charge in [-0.2, -0.15) is 9.97 Å². The number of rotatable bonds is 3. The Balaban J connectivity index is 1.86. The summed E-state index contributed by atoms with van der Waals surface area (Å²) in [4.78, 5) is 25.0. The highest BCUT2D eigenvalue weighted by Crippen LogP contribution is 2.33. The van der Waals surface area contributed by atoms with E-state index < -0.39 is 0 Å². The number of nitrogens with one attached hydrogen (secondary N) is 1. The minimum Gasteiger partial charge on any atom is -0.481 e. The summed E-state index contributed by atoms with van der Waals surface area (Å²) in [6.07, 6.45) is 2.35. The second-order valence-electron chi connectivity index (χ2n) is 6.42. The Bertz CT molecular complexity index is 589. The zero-order valence-corrected chi connectivity index (χ0v) is 14.5. The molecular formula is C16H25N5O3. The smallest absolute Gasteiger partial charge is 0.321 e. The van der Waals surface area contributed by atoms with Gasteiger partial charge in [0.25, 0.3) is 0 Å². The Hall–Kier alpha value is -2.09. The van der Waals surface area contributed by atoms with E-state index in [0.29, 0.717) is 24.9 Å². The normalized spacial score (nSPS) is 25.3. The molecule has 8 heteroatoms. The average Bonchev–Trinajstić information content (AvgIpc) is 2.79. The van der Waals surface area contributed by atoms with Crippen molar-refractivity contribution in [2.75, 3.05) is 52.3 Å². The van der Waals surface area contributed by atoms with Crippen LogP contribution in [0.25, 0.3) is 0 Å². The number of hydrogen-bond donors (Lipinski definition) is 1. The van der Waals surface area contributed by atoms with Crippen LogP contribution in [-0.2, 0) is 4.79 Å². The predicted octanol–water partition coefficient (Wildman–Crippen LogP) is 0.285. The molecule has 2 aliphatic rings. The van der Waals surface area contributed by atoms with Gasteiger partial charge in [-0.15, -0.1) is 0 Å². The van der Waals surface area contributed by atoms with Gasteiger partial charge in [0, 0.05) is 44.2 Å².